The Bertz CT molecular complexity index is 37.9. The molecule has 2 N–H and O–H groups in total. The predicted octanol–water partition coefficient (Wildman–Crippen LogP) is 1.00. The average molecular weight is 133 g/mol. The van der Waals surface area contributed by atoms with Gasteiger partial charge in [0.2, 0.25) is 0 Å². The van der Waals surface area contributed by atoms with Gasteiger partial charge in [-0.1, -0.05) is 13.8 Å². The van der Waals surface area contributed by atoms with Crippen LogP contribution in [0.3, 0.4) is 0 Å². The van der Waals surface area contributed by atoms with Gasteiger partial charge < -0.3 is 10.4 Å². The zero-order chi connectivity index (χ0) is 7.70. The Morgan fingerprint density at radius 2 is 1.89 bits per heavy atom. The van der Waals surface area contributed by atoms with E-state index in [0.717, 1.165) is 13.0 Å². The van der Waals surface area contributed by atoms with Gasteiger partial charge in [0, 0.05) is 0 Å². The molecule has 0 saturated heterocycles. The molecule has 0 aliphatic carbocycles. The van der Waals surface area contributed by atoms with Gasteiger partial charge in [0.1, 0.15) is 0 Å². The van der Waals surface area contributed by atoms with Crippen molar-refractivity contribution in [3.05, 3.63) is 0 Å². The molecule has 0 bridgehead atoms. The first-order chi connectivity index (χ1) is 4.27. The molecule has 1 unspecified atom stereocenters. The molecule has 0 rings (SSSR count). The van der Waals surface area contributed by atoms with Crippen molar-refractivity contribution in [1.82, 2.24) is 5.32 Å². The summed E-state index contributed by atoms with van der Waals surface area (Å²) in [5, 5.41) is 11.6. The van der Waals surface area contributed by atoms with Gasteiger partial charge in [0.15, 0.2) is 0 Å². The summed E-state index contributed by atoms with van der Waals surface area (Å²) in [5.41, 5.74) is 0. The number of aliphatic hydroxyl groups is 1. The van der Waals surface area contributed by atoms with E-state index in [1.807, 2.05) is 20.9 Å². The third-order valence-corrected chi connectivity index (χ3v) is 0.812. The highest BCUT2D eigenvalue weighted by Crippen LogP contribution is 1.83. The van der Waals surface area contributed by atoms with Gasteiger partial charge in [-0.15, -0.1) is 0 Å². The summed E-state index contributed by atoms with van der Waals surface area (Å²) in [6.07, 6.45) is 0.684. The summed E-state index contributed by atoms with van der Waals surface area (Å²) in [6.45, 7) is 6.69. The first-order valence-electron chi connectivity index (χ1n) is 3.60. The first-order valence-corrected chi connectivity index (χ1v) is 3.60. The third-order valence-electron chi connectivity index (χ3n) is 0.812. The van der Waals surface area contributed by atoms with Crippen molar-refractivity contribution in [3.63, 3.8) is 0 Å². The molecule has 0 saturated carbocycles. The van der Waals surface area contributed by atoms with Gasteiger partial charge in [-0.25, -0.2) is 0 Å². The van der Waals surface area contributed by atoms with Crippen LogP contribution in [0.2, 0.25) is 0 Å². The molecule has 0 aliphatic heterocycles. The largest absolute Gasteiger partial charge is 0.393 e. The van der Waals surface area contributed by atoms with Crippen LogP contribution >= 0.6 is 0 Å². The molecular weight excluding hydrogens is 114 g/mol. The molecule has 9 heavy (non-hydrogen) atoms. The molecule has 1 atom stereocenters. The molecule has 0 radical (unpaired) electrons. The van der Waals surface area contributed by atoms with Crippen molar-refractivity contribution < 1.29 is 5.11 Å². The number of hydrogen-bond acceptors (Lipinski definition) is 2. The van der Waals surface area contributed by atoms with E-state index in [2.05, 4.69) is 5.32 Å². The summed E-state index contributed by atoms with van der Waals surface area (Å²) in [6, 6.07) is 0. The molecule has 0 heterocycles. The fourth-order valence-electron chi connectivity index (χ4n) is 0.353. The Morgan fingerprint density at radius 3 is 2.00 bits per heavy atom. The SMILES string of the molecule is CC.CNCCC(C)O. The monoisotopic (exact) mass is 133 g/mol. The maximum Gasteiger partial charge on any atom is 0.0524 e. The summed E-state index contributed by atoms with van der Waals surface area (Å²) >= 11 is 0. The van der Waals surface area contributed by atoms with Gasteiger partial charge in [-0.05, 0) is 26.9 Å². The molecule has 0 aromatic heterocycles. The lowest BCUT2D eigenvalue weighted by molar-refractivity contribution is 0.184. The zero-order valence-electron chi connectivity index (χ0n) is 6.94. The number of aliphatic hydroxyl groups excluding tert-OH is 1. The van der Waals surface area contributed by atoms with E-state index < -0.39 is 0 Å². The maximum absolute atomic E-state index is 8.64. The summed E-state index contributed by atoms with van der Waals surface area (Å²) < 4.78 is 0. The van der Waals surface area contributed by atoms with E-state index in [-0.39, 0.29) is 6.10 Å². The summed E-state index contributed by atoms with van der Waals surface area (Å²) in [5.74, 6) is 0. The van der Waals surface area contributed by atoms with Crippen LogP contribution in [0.15, 0.2) is 0 Å². The average Bonchev–Trinajstić information content (AvgIpc) is 1.88. The molecule has 58 valence electrons. The van der Waals surface area contributed by atoms with E-state index in [4.69, 9.17) is 5.11 Å². The van der Waals surface area contributed by atoms with Crippen molar-refractivity contribution in [2.24, 2.45) is 0 Å². The number of nitrogens with one attached hydrogen (secondary N) is 1. The van der Waals surface area contributed by atoms with Crippen molar-refractivity contribution in [3.8, 4) is 0 Å². The lowest BCUT2D eigenvalue weighted by atomic mass is 10.3. The molecule has 0 aromatic carbocycles. The van der Waals surface area contributed by atoms with Crippen LogP contribution in [0.5, 0.6) is 0 Å². The topological polar surface area (TPSA) is 32.3 Å². The lowest BCUT2D eigenvalue weighted by Gasteiger charge is -1.99. The Morgan fingerprint density at radius 1 is 1.44 bits per heavy atom. The third kappa shape index (κ3) is 18.1. The molecule has 0 amide bonds. The second-order valence-electron chi connectivity index (χ2n) is 1.74. The highest BCUT2D eigenvalue weighted by molar-refractivity contribution is 4.46. The van der Waals surface area contributed by atoms with Crippen LogP contribution in [0, 0.1) is 0 Å². The van der Waals surface area contributed by atoms with Crippen LogP contribution in [0.25, 0.3) is 0 Å². The van der Waals surface area contributed by atoms with Crippen molar-refractivity contribution in [2.45, 2.75) is 33.3 Å². The number of hydrogen-bond donors (Lipinski definition) is 2. The van der Waals surface area contributed by atoms with Crippen molar-refractivity contribution in [1.29, 1.82) is 0 Å². The Labute approximate surface area is 58.3 Å². The van der Waals surface area contributed by atoms with Gasteiger partial charge in [0.05, 0.1) is 6.10 Å². The molecule has 2 heteroatoms. The zero-order valence-corrected chi connectivity index (χ0v) is 6.94. The summed E-state index contributed by atoms with van der Waals surface area (Å²) in [4.78, 5) is 0. The van der Waals surface area contributed by atoms with Gasteiger partial charge in [-0.2, -0.15) is 0 Å². The van der Waals surface area contributed by atoms with E-state index in [1.54, 1.807) is 6.92 Å². The molecule has 0 aromatic rings. The van der Waals surface area contributed by atoms with E-state index in [0.29, 0.717) is 0 Å². The molecule has 0 fully saturated rings. The molecule has 2 nitrogen and oxygen atoms in total. The second kappa shape index (κ2) is 10.8. The Balaban J connectivity index is 0. The highest BCUT2D eigenvalue weighted by atomic mass is 16.3. The first kappa shape index (κ1) is 11.7. The van der Waals surface area contributed by atoms with E-state index in [1.165, 1.54) is 0 Å². The molecular formula is C7H19NO. The van der Waals surface area contributed by atoms with E-state index >= 15 is 0 Å². The minimum Gasteiger partial charge on any atom is -0.393 e. The maximum atomic E-state index is 8.64. The van der Waals surface area contributed by atoms with E-state index in [9.17, 15) is 0 Å². The Kier molecular flexibility index (Phi) is 14.0. The van der Waals surface area contributed by atoms with Crippen LogP contribution in [-0.2, 0) is 0 Å². The van der Waals surface area contributed by atoms with Crippen LogP contribution in [0.4, 0.5) is 0 Å². The quantitative estimate of drug-likeness (QED) is 0.602. The minimum absolute atomic E-state index is 0.160. The molecule has 0 aliphatic rings. The predicted molar refractivity (Wildman–Crippen MR) is 41.6 cm³/mol. The Hall–Kier alpha value is -0.0800. The lowest BCUT2D eigenvalue weighted by Crippen LogP contribution is -2.13. The van der Waals surface area contributed by atoms with Crippen molar-refractivity contribution >= 4 is 0 Å². The normalized spacial score (nSPS) is 11.7. The fourth-order valence-corrected chi connectivity index (χ4v) is 0.353. The summed E-state index contributed by atoms with van der Waals surface area (Å²) in [7, 11) is 1.88. The molecule has 0 spiro atoms. The van der Waals surface area contributed by atoms with Crippen LogP contribution in [-0.4, -0.2) is 24.8 Å². The van der Waals surface area contributed by atoms with Gasteiger partial charge in [0.25, 0.3) is 0 Å². The fraction of sp³-hybridized carbons (Fsp3) is 1.00. The number of rotatable bonds is 3. The highest BCUT2D eigenvalue weighted by Gasteiger charge is 1.89. The van der Waals surface area contributed by atoms with Crippen LogP contribution < -0.4 is 5.32 Å². The van der Waals surface area contributed by atoms with Gasteiger partial charge >= 0.3 is 0 Å². The van der Waals surface area contributed by atoms with Gasteiger partial charge in [-0.3, -0.25) is 0 Å². The minimum atomic E-state index is -0.160. The van der Waals surface area contributed by atoms with Crippen molar-refractivity contribution in [2.75, 3.05) is 13.6 Å². The standard InChI is InChI=1S/C5H13NO.C2H6/c1-5(7)3-4-6-2;1-2/h5-7H,3-4H2,1-2H3;1-2H3. The van der Waals surface area contributed by atoms with Crippen LogP contribution in [0.1, 0.15) is 27.2 Å². The second-order valence-corrected chi connectivity index (χ2v) is 1.74. The smallest absolute Gasteiger partial charge is 0.0524 e.